The molecule has 0 aliphatic heterocycles. The van der Waals surface area contributed by atoms with E-state index < -0.39 is 5.97 Å². The van der Waals surface area contributed by atoms with Crippen molar-refractivity contribution in [1.29, 1.82) is 0 Å². The van der Waals surface area contributed by atoms with Crippen molar-refractivity contribution in [1.82, 2.24) is 14.5 Å². The van der Waals surface area contributed by atoms with Crippen LogP contribution in [0.1, 0.15) is 13.3 Å². The predicted molar refractivity (Wildman–Crippen MR) is 56.7 cm³/mol. The van der Waals surface area contributed by atoms with Gasteiger partial charge in [0.2, 0.25) is 5.91 Å². The third-order valence-electron chi connectivity index (χ3n) is 2.20. The van der Waals surface area contributed by atoms with Crippen LogP contribution in [-0.4, -0.2) is 44.5 Å². The van der Waals surface area contributed by atoms with Crippen LogP contribution < -0.4 is 0 Å². The van der Waals surface area contributed by atoms with Crippen molar-refractivity contribution in [3.05, 3.63) is 18.7 Å². The second kappa shape index (κ2) is 5.89. The lowest BCUT2D eigenvalue weighted by Crippen LogP contribution is -2.35. The van der Waals surface area contributed by atoms with Crippen LogP contribution in [0.4, 0.5) is 0 Å². The number of carboxylic acids is 1. The zero-order chi connectivity index (χ0) is 12.0. The summed E-state index contributed by atoms with van der Waals surface area (Å²) in [6, 6.07) is 0. The van der Waals surface area contributed by atoms with E-state index in [0.717, 1.165) is 0 Å². The van der Waals surface area contributed by atoms with Crippen molar-refractivity contribution in [2.24, 2.45) is 0 Å². The Hall–Kier alpha value is -1.85. The van der Waals surface area contributed by atoms with Gasteiger partial charge in [0.05, 0.1) is 6.33 Å². The number of likely N-dealkylation sites (N-methyl/N-ethyl adjacent to an activating group) is 1. The van der Waals surface area contributed by atoms with Crippen LogP contribution in [-0.2, 0) is 16.1 Å². The zero-order valence-corrected chi connectivity index (χ0v) is 9.17. The number of carbonyl (C=O) groups is 2. The summed E-state index contributed by atoms with van der Waals surface area (Å²) in [5, 5.41) is 8.61. The molecule has 1 aromatic heterocycles. The summed E-state index contributed by atoms with van der Waals surface area (Å²) < 4.78 is 1.78. The summed E-state index contributed by atoms with van der Waals surface area (Å²) in [4.78, 5) is 27.3. The average molecular weight is 225 g/mol. The molecule has 0 saturated carbocycles. The Morgan fingerprint density at radius 2 is 2.25 bits per heavy atom. The monoisotopic (exact) mass is 225 g/mol. The molecule has 6 nitrogen and oxygen atoms in total. The molecule has 0 unspecified atom stereocenters. The number of aliphatic carboxylic acids is 1. The lowest BCUT2D eigenvalue weighted by Gasteiger charge is -2.18. The molecule has 0 atom stereocenters. The van der Waals surface area contributed by atoms with Crippen molar-refractivity contribution < 1.29 is 14.7 Å². The van der Waals surface area contributed by atoms with Gasteiger partial charge in [0, 0.05) is 31.9 Å². The first-order chi connectivity index (χ1) is 7.63. The number of aryl methyl sites for hydroxylation is 1. The maximum Gasteiger partial charge on any atom is 0.323 e. The number of amides is 1. The van der Waals surface area contributed by atoms with Gasteiger partial charge in [-0.15, -0.1) is 0 Å². The lowest BCUT2D eigenvalue weighted by molar-refractivity contribution is -0.144. The molecule has 0 radical (unpaired) electrons. The molecule has 0 fully saturated rings. The van der Waals surface area contributed by atoms with Gasteiger partial charge in [-0.1, -0.05) is 0 Å². The highest BCUT2D eigenvalue weighted by Crippen LogP contribution is 1.97. The molecular weight excluding hydrogens is 210 g/mol. The summed E-state index contributed by atoms with van der Waals surface area (Å²) >= 11 is 0. The number of hydrogen-bond donors (Lipinski definition) is 1. The van der Waals surface area contributed by atoms with E-state index in [4.69, 9.17) is 5.11 Å². The second-order valence-corrected chi connectivity index (χ2v) is 3.35. The van der Waals surface area contributed by atoms with E-state index in [1.165, 1.54) is 4.90 Å². The molecule has 1 aromatic rings. The lowest BCUT2D eigenvalue weighted by atomic mass is 10.3. The van der Waals surface area contributed by atoms with Gasteiger partial charge in [-0.3, -0.25) is 9.59 Å². The topological polar surface area (TPSA) is 75.4 Å². The van der Waals surface area contributed by atoms with Crippen molar-refractivity contribution in [3.8, 4) is 0 Å². The van der Waals surface area contributed by atoms with Gasteiger partial charge in [-0.2, -0.15) is 0 Å². The van der Waals surface area contributed by atoms with E-state index >= 15 is 0 Å². The predicted octanol–water partition coefficient (Wildman–Crippen LogP) is 0.206. The molecule has 88 valence electrons. The Bertz CT molecular complexity index is 348. The number of carbonyl (C=O) groups excluding carboxylic acids is 1. The Labute approximate surface area is 93.5 Å². The first-order valence-corrected chi connectivity index (χ1v) is 5.08. The van der Waals surface area contributed by atoms with Gasteiger partial charge in [0.1, 0.15) is 6.54 Å². The maximum absolute atomic E-state index is 11.6. The molecule has 1 amide bonds. The smallest absolute Gasteiger partial charge is 0.323 e. The summed E-state index contributed by atoms with van der Waals surface area (Å²) in [6.45, 7) is 2.46. The quantitative estimate of drug-likeness (QED) is 0.750. The van der Waals surface area contributed by atoms with Crippen LogP contribution in [0, 0.1) is 0 Å². The number of rotatable bonds is 6. The Kier molecular flexibility index (Phi) is 4.50. The average Bonchev–Trinajstić information content (AvgIpc) is 2.75. The molecule has 1 heterocycles. The standard InChI is InChI=1S/C10H15N3O3/c1-2-13(7-10(15)16)9(14)3-5-12-6-4-11-8-12/h4,6,8H,2-3,5,7H2,1H3,(H,15,16). The Balaban J connectivity index is 2.40. The van der Waals surface area contributed by atoms with Gasteiger partial charge >= 0.3 is 5.97 Å². The summed E-state index contributed by atoms with van der Waals surface area (Å²) in [6.07, 6.45) is 5.32. The molecule has 0 spiro atoms. The van der Waals surface area contributed by atoms with Crippen LogP contribution in [0.2, 0.25) is 0 Å². The van der Waals surface area contributed by atoms with Gasteiger partial charge < -0.3 is 14.6 Å². The molecule has 6 heteroatoms. The summed E-state index contributed by atoms with van der Waals surface area (Å²) in [7, 11) is 0. The third kappa shape index (κ3) is 3.72. The minimum atomic E-state index is -0.988. The minimum absolute atomic E-state index is 0.154. The van der Waals surface area contributed by atoms with E-state index in [-0.39, 0.29) is 18.9 Å². The van der Waals surface area contributed by atoms with E-state index in [0.29, 0.717) is 13.1 Å². The molecule has 1 N–H and O–H groups in total. The van der Waals surface area contributed by atoms with Crippen molar-refractivity contribution >= 4 is 11.9 Å². The highest BCUT2D eigenvalue weighted by Gasteiger charge is 2.14. The molecule has 0 aliphatic carbocycles. The van der Waals surface area contributed by atoms with Crippen LogP contribution in [0.3, 0.4) is 0 Å². The number of nitrogens with zero attached hydrogens (tertiary/aromatic N) is 3. The fourth-order valence-electron chi connectivity index (χ4n) is 1.34. The van der Waals surface area contributed by atoms with E-state index in [2.05, 4.69) is 4.98 Å². The molecule has 0 aliphatic rings. The van der Waals surface area contributed by atoms with Gasteiger partial charge in [0.25, 0.3) is 0 Å². The Morgan fingerprint density at radius 3 is 2.75 bits per heavy atom. The first-order valence-electron chi connectivity index (χ1n) is 5.08. The largest absolute Gasteiger partial charge is 0.480 e. The molecule has 0 saturated heterocycles. The van der Waals surface area contributed by atoms with E-state index in [1.807, 2.05) is 0 Å². The first kappa shape index (κ1) is 12.2. The van der Waals surface area contributed by atoms with Crippen LogP contribution in [0.5, 0.6) is 0 Å². The maximum atomic E-state index is 11.6. The second-order valence-electron chi connectivity index (χ2n) is 3.35. The summed E-state index contributed by atoms with van der Waals surface area (Å²) in [5.41, 5.74) is 0. The van der Waals surface area contributed by atoms with E-state index in [1.54, 1.807) is 30.2 Å². The zero-order valence-electron chi connectivity index (χ0n) is 9.17. The van der Waals surface area contributed by atoms with Gasteiger partial charge in [-0.25, -0.2) is 4.98 Å². The molecular formula is C10H15N3O3. The fourth-order valence-corrected chi connectivity index (χ4v) is 1.34. The normalized spacial score (nSPS) is 10.1. The number of imidazole rings is 1. The molecule has 0 aromatic carbocycles. The van der Waals surface area contributed by atoms with Gasteiger partial charge in [-0.05, 0) is 6.92 Å². The SMILES string of the molecule is CCN(CC(=O)O)C(=O)CCn1ccnc1. The van der Waals surface area contributed by atoms with Crippen LogP contribution in [0.15, 0.2) is 18.7 Å². The van der Waals surface area contributed by atoms with Crippen molar-refractivity contribution in [2.75, 3.05) is 13.1 Å². The number of aromatic nitrogens is 2. The minimum Gasteiger partial charge on any atom is -0.480 e. The fraction of sp³-hybridized carbons (Fsp3) is 0.500. The number of hydrogen-bond acceptors (Lipinski definition) is 3. The third-order valence-corrected chi connectivity index (χ3v) is 2.20. The van der Waals surface area contributed by atoms with Crippen LogP contribution in [0.25, 0.3) is 0 Å². The highest BCUT2D eigenvalue weighted by molar-refractivity contribution is 5.81. The molecule has 1 rings (SSSR count). The van der Waals surface area contributed by atoms with Gasteiger partial charge in [0.15, 0.2) is 0 Å². The molecule has 16 heavy (non-hydrogen) atoms. The summed E-state index contributed by atoms with van der Waals surface area (Å²) in [5.74, 6) is -1.14. The highest BCUT2D eigenvalue weighted by atomic mass is 16.4. The number of carboxylic acid groups (broad SMARTS) is 1. The van der Waals surface area contributed by atoms with Crippen molar-refractivity contribution in [2.45, 2.75) is 19.9 Å². The van der Waals surface area contributed by atoms with E-state index in [9.17, 15) is 9.59 Å². The Morgan fingerprint density at radius 1 is 1.50 bits per heavy atom. The van der Waals surface area contributed by atoms with Crippen LogP contribution >= 0.6 is 0 Å². The molecule has 0 bridgehead atoms. The van der Waals surface area contributed by atoms with Crippen molar-refractivity contribution in [3.63, 3.8) is 0 Å².